The second-order valence-electron chi connectivity index (χ2n) is 4.57. The Morgan fingerprint density at radius 2 is 1.86 bits per heavy atom. The molecule has 0 fully saturated rings. The maximum atomic E-state index is 13.7. The Balaban J connectivity index is 1.93. The standard InChI is InChI=1S/C16H13FN4/c1-11(13-7-4-5-9-15(13)17)19-21-16-14-8-3-2-6-12(14)10-18-20-16/h2-10H,1H3,(H,20,21)/b19-11+. The van der Waals surface area contributed by atoms with Crippen LogP contribution in [0.3, 0.4) is 0 Å². The van der Waals surface area contributed by atoms with Gasteiger partial charge in [0.25, 0.3) is 0 Å². The van der Waals surface area contributed by atoms with Crippen molar-refractivity contribution in [3.8, 4) is 0 Å². The molecule has 1 aromatic heterocycles. The molecule has 21 heavy (non-hydrogen) atoms. The van der Waals surface area contributed by atoms with E-state index in [2.05, 4.69) is 20.7 Å². The van der Waals surface area contributed by atoms with Crippen molar-refractivity contribution in [1.29, 1.82) is 0 Å². The van der Waals surface area contributed by atoms with Crippen LogP contribution in [0.1, 0.15) is 12.5 Å². The summed E-state index contributed by atoms with van der Waals surface area (Å²) in [6, 6.07) is 14.2. The number of aromatic nitrogens is 2. The molecule has 1 N–H and O–H groups in total. The highest BCUT2D eigenvalue weighted by Crippen LogP contribution is 2.19. The van der Waals surface area contributed by atoms with Crippen molar-refractivity contribution >= 4 is 22.3 Å². The third kappa shape index (κ3) is 2.72. The average molecular weight is 280 g/mol. The summed E-state index contributed by atoms with van der Waals surface area (Å²) in [6.07, 6.45) is 1.69. The van der Waals surface area contributed by atoms with Crippen LogP contribution in [-0.2, 0) is 0 Å². The van der Waals surface area contributed by atoms with Gasteiger partial charge < -0.3 is 0 Å². The summed E-state index contributed by atoms with van der Waals surface area (Å²) in [7, 11) is 0. The molecule has 0 unspecified atom stereocenters. The molecule has 0 radical (unpaired) electrons. The van der Waals surface area contributed by atoms with E-state index < -0.39 is 0 Å². The summed E-state index contributed by atoms with van der Waals surface area (Å²) >= 11 is 0. The zero-order valence-corrected chi connectivity index (χ0v) is 11.4. The van der Waals surface area contributed by atoms with Crippen LogP contribution in [-0.4, -0.2) is 15.9 Å². The summed E-state index contributed by atoms with van der Waals surface area (Å²) in [6.45, 7) is 1.74. The number of nitrogens with zero attached hydrogens (tertiary/aromatic N) is 3. The van der Waals surface area contributed by atoms with E-state index >= 15 is 0 Å². The van der Waals surface area contributed by atoms with Crippen molar-refractivity contribution in [1.82, 2.24) is 10.2 Å². The van der Waals surface area contributed by atoms with E-state index in [0.717, 1.165) is 10.8 Å². The molecule has 0 aliphatic carbocycles. The van der Waals surface area contributed by atoms with Gasteiger partial charge in [-0.2, -0.15) is 10.2 Å². The molecule has 1 heterocycles. The topological polar surface area (TPSA) is 50.2 Å². The summed E-state index contributed by atoms with van der Waals surface area (Å²) in [5.74, 6) is 0.244. The van der Waals surface area contributed by atoms with Crippen LogP contribution in [0.15, 0.2) is 59.8 Å². The van der Waals surface area contributed by atoms with Gasteiger partial charge in [-0.25, -0.2) is 4.39 Å². The smallest absolute Gasteiger partial charge is 0.176 e. The third-order valence-corrected chi connectivity index (χ3v) is 3.16. The number of hydrogen-bond acceptors (Lipinski definition) is 4. The minimum Gasteiger partial charge on any atom is -0.259 e. The van der Waals surface area contributed by atoms with Crippen LogP contribution in [0.25, 0.3) is 10.8 Å². The Hall–Kier alpha value is -2.82. The first-order chi connectivity index (χ1) is 10.3. The Morgan fingerprint density at radius 1 is 1.10 bits per heavy atom. The maximum absolute atomic E-state index is 13.7. The first-order valence-electron chi connectivity index (χ1n) is 6.51. The van der Waals surface area contributed by atoms with Crippen molar-refractivity contribution in [2.24, 2.45) is 5.10 Å². The van der Waals surface area contributed by atoms with Gasteiger partial charge in [0.2, 0.25) is 0 Å². The highest BCUT2D eigenvalue weighted by atomic mass is 19.1. The fourth-order valence-corrected chi connectivity index (χ4v) is 2.06. The van der Waals surface area contributed by atoms with Gasteiger partial charge in [0, 0.05) is 16.3 Å². The number of hydrazone groups is 1. The molecule has 0 atom stereocenters. The number of hydrogen-bond donors (Lipinski definition) is 1. The quantitative estimate of drug-likeness (QED) is 0.589. The molecule has 3 rings (SSSR count). The van der Waals surface area contributed by atoms with Crippen LogP contribution in [0.2, 0.25) is 0 Å². The summed E-state index contributed by atoms with van der Waals surface area (Å²) in [5, 5.41) is 14.0. The predicted molar refractivity (Wildman–Crippen MR) is 81.8 cm³/mol. The number of nitrogens with one attached hydrogen (secondary N) is 1. The second-order valence-corrected chi connectivity index (χ2v) is 4.57. The molecule has 104 valence electrons. The molecule has 3 aromatic rings. The molecular formula is C16H13FN4. The Labute approximate surface area is 121 Å². The number of fused-ring (bicyclic) bond motifs is 1. The van der Waals surface area contributed by atoms with Gasteiger partial charge in [0.1, 0.15) is 5.82 Å². The molecule has 0 amide bonds. The van der Waals surface area contributed by atoms with Crippen molar-refractivity contribution in [3.05, 3.63) is 66.1 Å². The van der Waals surface area contributed by atoms with Gasteiger partial charge in [-0.1, -0.05) is 42.5 Å². The lowest BCUT2D eigenvalue weighted by Gasteiger charge is -2.05. The van der Waals surface area contributed by atoms with E-state index in [0.29, 0.717) is 17.1 Å². The summed E-state index contributed by atoms with van der Waals surface area (Å²) < 4.78 is 13.7. The van der Waals surface area contributed by atoms with E-state index in [9.17, 15) is 4.39 Å². The maximum Gasteiger partial charge on any atom is 0.176 e. The molecule has 0 spiro atoms. The Kier molecular flexibility index (Phi) is 3.55. The zero-order valence-electron chi connectivity index (χ0n) is 11.4. The number of halogens is 1. The van der Waals surface area contributed by atoms with E-state index in [1.165, 1.54) is 6.07 Å². The zero-order chi connectivity index (χ0) is 14.7. The lowest BCUT2D eigenvalue weighted by Crippen LogP contribution is -2.03. The van der Waals surface area contributed by atoms with Crippen molar-refractivity contribution in [2.45, 2.75) is 6.92 Å². The Morgan fingerprint density at radius 3 is 2.71 bits per heavy atom. The second kappa shape index (κ2) is 5.66. The SMILES string of the molecule is C/C(=N\Nc1nncc2ccccc12)c1ccccc1F. The minimum absolute atomic E-state index is 0.301. The Bertz CT molecular complexity index is 809. The lowest BCUT2D eigenvalue weighted by atomic mass is 10.1. The van der Waals surface area contributed by atoms with Crippen molar-refractivity contribution < 1.29 is 4.39 Å². The largest absolute Gasteiger partial charge is 0.259 e. The van der Waals surface area contributed by atoms with E-state index in [1.54, 1.807) is 31.3 Å². The normalized spacial score (nSPS) is 11.6. The molecular weight excluding hydrogens is 267 g/mol. The fourth-order valence-electron chi connectivity index (χ4n) is 2.06. The van der Waals surface area contributed by atoms with Gasteiger partial charge in [-0.05, 0) is 13.0 Å². The van der Waals surface area contributed by atoms with Gasteiger partial charge in [0.15, 0.2) is 5.82 Å². The van der Waals surface area contributed by atoms with E-state index in [1.807, 2.05) is 24.3 Å². The highest BCUT2D eigenvalue weighted by molar-refractivity contribution is 5.99. The molecule has 0 aliphatic rings. The van der Waals surface area contributed by atoms with Gasteiger partial charge in [0.05, 0.1) is 11.9 Å². The highest BCUT2D eigenvalue weighted by Gasteiger charge is 2.05. The molecule has 0 saturated carbocycles. The lowest BCUT2D eigenvalue weighted by molar-refractivity contribution is 0.625. The molecule has 4 nitrogen and oxygen atoms in total. The van der Waals surface area contributed by atoms with E-state index in [-0.39, 0.29) is 5.82 Å². The number of rotatable bonds is 3. The minimum atomic E-state index is -0.301. The number of anilines is 1. The van der Waals surface area contributed by atoms with E-state index in [4.69, 9.17) is 0 Å². The molecule has 2 aromatic carbocycles. The number of benzene rings is 2. The van der Waals surface area contributed by atoms with Crippen molar-refractivity contribution in [3.63, 3.8) is 0 Å². The average Bonchev–Trinajstić information content (AvgIpc) is 2.53. The molecule has 0 saturated heterocycles. The van der Waals surface area contributed by atoms with Crippen LogP contribution in [0, 0.1) is 5.82 Å². The van der Waals surface area contributed by atoms with Gasteiger partial charge in [-0.3, -0.25) is 5.43 Å². The van der Waals surface area contributed by atoms with Crippen LogP contribution >= 0.6 is 0 Å². The van der Waals surface area contributed by atoms with Gasteiger partial charge in [-0.15, -0.1) is 5.10 Å². The van der Waals surface area contributed by atoms with Crippen molar-refractivity contribution in [2.75, 3.05) is 5.43 Å². The molecule has 0 bridgehead atoms. The first-order valence-corrected chi connectivity index (χ1v) is 6.51. The van der Waals surface area contributed by atoms with Crippen LogP contribution in [0.5, 0.6) is 0 Å². The fraction of sp³-hybridized carbons (Fsp3) is 0.0625. The van der Waals surface area contributed by atoms with Crippen LogP contribution < -0.4 is 5.43 Å². The van der Waals surface area contributed by atoms with Crippen LogP contribution in [0.4, 0.5) is 10.2 Å². The van der Waals surface area contributed by atoms with Gasteiger partial charge >= 0.3 is 0 Å². The first kappa shape index (κ1) is 13.2. The summed E-state index contributed by atoms with van der Waals surface area (Å²) in [4.78, 5) is 0. The molecule has 5 heteroatoms. The monoisotopic (exact) mass is 280 g/mol. The third-order valence-electron chi connectivity index (χ3n) is 3.16. The summed E-state index contributed by atoms with van der Waals surface area (Å²) in [5.41, 5.74) is 3.86. The predicted octanol–water partition coefficient (Wildman–Crippen LogP) is 3.61. The molecule has 0 aliphatic heterocycles.